The van der Waals surface area contributed by atoms with E-state index in [1.807, 2.05) is 12.1 Å². The van der Waals surface area contributed by atoms with Crippen LogP contribution in [-0.4, -0.2) is 24.5 Å². The van der Waals surface area contributed by atoms with Gasteiger partial charge in [0.05, 0.1) is 12.3 Å². The van der Waals surface area contributed by atoms with Crippen LogP contribution in [0.15, 0.2) is 41.0 Å². The van der Waals surface area contributed by atoms with Crippen LogP contribution in [0.25, 0.3) is 0 Å². The summed E-state index contributed by atoms with van der Waals surface area (Å²) >= 11 is 0. The summed E-state index contributed by atoms with van der Waals surface area (Å²) in [7, 11) is 0. The molecule has 0 aliphatic carbocycles. The first-order valence-electron chi connectivity index (χ1n) is 7.67. The highest BCUT2D eigenvalue weighted by molar-refractivity contribution is 5.19. The van der Waals surface area contributed by atoms with Gasteiger partial charge in [-0.05, 0) is 50.2 Å². The second-order valence-electron chi connectivity index (χ2n) is 5.61. The molecule has 1 N–H and O–H groups in total. The van der Waals surface area contributed by atoms with Crippen LogP contribution in [0.3, 0.4) is 0 Å². The summed E-state index contributed by atoms with van der Waals surface area (Å²) < 4.78 is 32.8. The molecule has 2 heterocycles. The van der Waals surface area contributed by atoms with Gasteiger partial charge in [0.2, 0.25) is 0 Å². The molecule has 0 saturated carbocycles. The molecular formula is C17H20F2N2O. The summed E-state index contributed by atoms with van der Waals surface area (Å²) in [4.78, 5) is 2.35. The van der Waals surface area contributed by atoms with Gasteiger partial charge >= 0.3 is 0 Å². The van der Waals surface area contributed by atoms with Gasteiger partial charge in [0.1, 0.15) is 17.4 Å². The zero-order chi connectivity index (χ0) is 15.4. The van der Waals surface area contributed by atoms with Crippen LogP contribution in [0.2, 0.25) is 0 Å². The topological polar surface area (TPSA) is 28.4 Å². The molecule has 5 heteroatoms. The number of halogens is 2. The Labute approximate surface area is 128 Å². The molecule has 1 fully saturated rings. The fraction of sp³-hybridized carbons (Fsp3) is 0.412. The van der Waals surface area contributed by atoms with E-state index in [-0.39, 0.29) is 18.2 Å². The van der Waals surface area contributed by atoms with Gasteiger partial charge in [0, 0.05) is 18.7 Å². The summed E-state index contributed by atoms with van der Waals surface area (Å²) in [6, 6.07) is 7.87. The minimum atomic E-state index is -0.511. The van der Waals surface area contributed by atoms with E-state index >= 15 is 0 Å². The van der Waals surface area contributed by atoms with Crippen LogP contribution in [0.4, 0.5) is 8.78 Å². The number of benzene rings is 1. The number of hydrogen-bond donors (Lipinski definition) is 1. The maximum Gasteiger partial charge on any atom is 0.130 e. The zero-order valence-corrected chi connectivity index (χ0v) is 12.4. The van der Waals surface area contributed by atoms with Gasteiger partial charge in [-0.25, -0.2) is 8.78 Å². The first kappa shape index (κ1) is 15.2. The van der Waals surface area contributed by atoms with E-state index in [0.717, 1.165) is 18.8 Å². The quantitative estimate of drug-likeness (QED) is 0.885. The molecule has 22 heavy (non-hydrogen) atoms. The van der Waals surface area contributed by atoms with Crippen molar-refractivity contribution in [2.45, 2.75) is 25.4 Å². The molecule has 2 aromatic rings. The second kappa shape index (κ2) is 7.03. The predicted molar refractivity (Wildman–Crippen MR) is 80.3 cm³/mol. The van der Waals surface area contributed by atoms with Crippen molar-refractivity contribution in [2.75, 3.05) is 19.6 Å². The fourth-order valence-electron chi connectivity index (χ4n) is 2.98. The largest absolute Gasteiger partial charge is 0.468 e. The Morgan fingerprint density at radius 2 is 1.82 bits per heavy atom. The van der Waals surface area contributed by atoms with E-state index in [4.69, 9.17) is 4.42 Å². The SMILES string of the molecule is Fc1cccc(F)c1CNCC(c1ccco1)N1CCCC1. The van der Waals surface area contributed by atoms with Crippen molar-refractivity contribution in [3.05, 3.63) is 59.6 Å². The minimum absolute atomic E-state index is 0.0853. The van der Waals surface area contributed by atoms with Crippen LogP contribution in [0.5, 0.6) is 0 Å². The van der Waals surface area contributed by atoms with Crippen molar-refractivity contribution >= 4 is 0 Å². The third-order valence-corrected chi connectivity index (χ3v) is 4.15. The monoisotopic (exact) mass is 306 g/mol. The highest BCUT2D eigenvalue weighted by Gasteiger charge is 2.25. The molecule has 3 nitrogen and oxygen atoms in total. The highest BCUT2D eigenvalue weighted by Crippen LogP contribution is 2.25. The van der Waals surface area contributed by atoms with E-state index in [2.05, 4.69) is 10.2 Å². The van der Waals surface area contributed by atoms with E-state index < -0.39 is 11.6 Å². The van der Waals surface area contributed by atoms with Crippen LogP contribution >= 0.6 is 0 Å². The van der Waals surface area contributed by atoms with Crippen LogP contribution in [-0.2, 0) is 6.54 Å². The molecular weight excluding hydrogens is 286 g/mol. The summed E-state index contributed by atoms with van der Waals surface area (Å²) in [5.74, 6) is -0.130. The number of nitrogens with one attached hydrogen (secondary N) is 1. The Bertz CT molecular complexity index is 574. The third-order valence-electron chi connectivity index (χ3n) is 4.15. The lowest BCUT2D eigenvalue weighted by Crippen LogP contribution is -2.34. The Morgan fingerprint density at radius 3 is 2.45 bits per heavy atom. The predicted octanol–water partition coefficient (Wildman–Crippen LogP) is 3.48. The number of furan rings is 1. The molecule has 1 aromatic carbocycles. The number of nitrogens with zero attached hydrogens (tertiary/aromatic N) is 1. The molecule has 0 bridgehead atoms. The molecule has 0 radical (unpaired) electrons. The average molecular weight is 306 g/mol. The van der Waals surface area contributed by atoms with Crippen molar-refractivity contribution in [1.29, 1.82) is 0 Å². The smallest absolute Gasteiger partial charge is 0.130 e. The standard InChI is InChI=1S/C17H20F2N2O/c18-14-5-3-6-15(19)13(14)11-20-12-16(17-7-4-10-22-17)21-8-1-2-9-21/h3-7,10,16,20H,1-2,8-9,11-12H2. The van der Waals surface area contributed by atoms with E-state index in [9.17, 15) is 8.78 Å². The summed E-state index contributed by atoms with van der Waals surface area (Å²) in [6.45, 7) is 2.83. The molecule has 0 amide bonds. The van der Waals surface area contributed by atoms with Gasteiger partial charge in [0.15, 0.2) is 0 Å². The Balaban J connectivity index is 1.64. The number of likely N-dealkylation sites (tertiary alicyclic amines) is 1. The summed E-state index contributed by atoms with van der Waals surface area (Å²) in [5, 5.41) is 3.17. The molecule has 1 unspecified atom stereocenters. The van der Waals surface area contributed by atoms with Gasteiger partial charge in [0.25, 0.3) is 0 Å². The lowest BCUT2D eigenvalue weighted by Gasteiger charge is -2.26. The molecule has 1 saturated heterocycles. The molecule has 1 atom stereocenters. The van der Waals surface area contributed by atoms with Crippen molar-refractivity contribution in [3.63, 3.8) is 0 Å². The van der Waals surface area contributed by atoms with Gasteiger partial charge in [-0.2, -0.15) is 0 Å². The van der Waals surface area contributed by atoms with Crippen LogP contribution < -0.4 is 5.32 Å². The Kier molecular flexibility index (Phi) is 4.85. The van der Waals surface area contributed by atoms with Gasteiger partial charge in [-0.3, -0.25) is 4.90 Å². The summed E-state index contributed by atoms with van der Waals surface area (Å²) in [6.07, 6.45) is 4.02. The molecule has 118 valence electrons. The maximum atomic E-state index is 13.6. The molecule has 0 spiro atoms. The number of rotatable bonds is 6. The Morgan fingerprint density at radius 1 is 1.09 bits per heavy atom. The fourth-order valence-corrected chi connectivity index (χ4v) is 2.98. The van der Waals surface area contributed by atoms with Crippen molar-refractivity contribution in [1.82, 2.24) is 10.2 Å². The second-order valence-corrected chi connectivity index (χ2v) is 5.61. The van der Waals surface area contributed by atoms with Crippen LogP contribution in [0.1, 0.15) is 30.2 Å². The minimum Gasteiger partial charge on any atom is -0.468 e. The zero-order valence-electron chi connectivity index (χ0n) is 12.4. The lowest BCUT2D eigenvalue weighted by molar-refractivity contribution is 0.209. The number of hydrogen-bond acceptors (Lipinski definition) is 3. The van der Waals surface area contributed by atoms with Crippen molar-refractivity contribution in [2.24, 2.45) is 0 Å². The Hall–Kier alpha value is -1.72. The van der Waals surface area contributed by atoms with Gasteiger partial charge in [-0.1, -0.05) is 6.07 Å². The molecule has 1 aliphatic heterocycles. The first-order valence-corrected chi connectivity index (χ1v) is 7.67. The highest BCUT2D eigenvalue weighted by atomic mass is 19.1. The third kappa shape index (κ3) is 3.36. The van der Waals surface area contributed by atoms with Crippen LogP contribution in [0, 0.1) is 11.6 Å². The van der Waals surface area contributed by atoms with E-state index in [0.29, 0.717) is 6.54 Å². The van der Waals surface area contributed by atoms with Crippen molar-refractivity contribution < 1.29 is 13.2 Å². The van der Waals surface area contributed by atoms with Crippen molar-refractivity contribution in [3.8, 4) is 0 Å². The first-order chi connectivity index (χ1) is 10.8. The van der Waals surface area contributed by atoms with E-state index in [1.165, 1.54) is 31.0 Å². The van der Waals surface area contributed by atoms with Gasteiger partial charge < -0.3 is 9.73 Å². The van der Waals surface area contributed by atoms with E-state index in [1.54, 1.807) is 6.26 Å². The summed E-state index contributed by atoms with van der Waals surface area (Å²) in [5.41, 5.74) is 0.0853. The average Bonchev–Trinajstić information content (AvgIpc) is 3.20. The molecule has 1 aromatic heterocycles. The van der Waals surface area contributed by atoms with Gasteiger partial charge in [-0.15, -0.1) is 0 Å². The molecule has 3 rings (SSSR count). The lowest BCUT2D eigenvalue weighted by atomic mass is 10.1. The normalized spacial score (nSPS) is 17.0. The maximum absolute atomic E-state index is 13.6. The molecule has 1 aliphatic rings.